The van der Waals surface area contributed by atoms with Crippen LogP contribution >= 0.6 is 0 Å². The van der Waals surface area contributed by atoms with E-state index in [4.69, 9.17) is 4.74 Å². The van der Waals surface area contributed by atoms with Gasteiger partial charge in [0.05, 0.1) is 6.61 Å². The average Bonchev–Trinajstić information content (AvgIpc) is 2.64. The second-order valence-corrected chi connectivity index (χ2v) is 6.58. The molecule has 3 rings (SSSR count). The molecule has 2 aromatic rings. The summed E-state index contributed by atoms with van der Waals surface area (Å²) in [6.07, 6.45) is 0. The fourth-order valence-corrected chi connectivity index (χ4v) is 3.12. The number of aryl methyl sites for hydroxylation is 1. The van der Waals surface area contributed by atoms with Gasteiger partial charge in [-0.15, -0.1) is 0 Å². The maximum atomic E-state index is 12.8. The minimum absolute atomic E-state index is 0.0620. The van der Waals surface area contributed by atoms with E-state index in [2.05, 4.69) is 0 Å². The summed E-state index contributed by atoms with van der Waals surface area (Å²) in [5.41, 5.74) is 2.59. The number of carbonyl (C=O) groups is 2. The summed E-state index contributed by atoms with van der Waals surface area (Å²) >= 11 is 0. The lowest BCUT2D eigenvalue weighted by atomic mass is 10.1. The van der Waals surface area contributed by atoms with Crippen molar-refractivity contribution in [3.8, 4) is 5.75 Å². The number of benzene rings is 2. The molecule has 5 heteroatoms. The van der Waals surface area contributed by atoms with Crippen LogP contribution in [0.4, 0.5) is 5.69 Å². The van der Waals surface area contributed by atoms with E-state index in [9.17, 15) is 9.59 Å². The highest BCUT2D eigenvalue weighted by Gasteiger charge is 2.33. The van der Waals surface area contributed by atoms with E-state index in [0.717, 1.165) is 17.0 Å². The van der Waals surface area contributed by atoms with Crippen LogP contribution in [0.2, 0.25) is 0 Å². The molecule has 0 aromatic heterocycles. The van der Waals surface area contributed by atoms with Crippen molar-refractivity contribution in [1.29, 1.82) is 0 Å². The largest absolute Gasteiger partial charge is 0.494 e. The summed E-state index contributed by atoms with van der Waals surface area (Å²) in [5.74, 6) is 0.543. The minimum atomic E-state index is -0.127. The molecule has 2 aromatic carbocycles. The number of rotatable bonds is 4. The number of hydrogen-bond acceptors (Lipinski definition) is 3. The summed E-state index contributed by atoms with van der Waals surface area (Å²) in [7, 11) is 0. The van der Waals surface area contributed by atoms with Crippen molar-refractivity contribution >= 4 is 17.5 Å². The Morgan fingerprint density at radius 3 is 2.38 bits per heavy atom. The van der Waals surface area contributed by atoms with E-state index in [-0.39, 0.29) is 24.4 Å². The van der Waals surface area contributed by atoms with E-state index < -0.39 is 0 Å². The van der Waals surface area contributed by atoms with Gasteiger partial charge in [-0.05, 0) is 57.2 Å². The molecule has 1 aliphatic heterocycles. The van der Waals surface area contributed by atoms with Crippen molar-refractivity contribution < 1.29 is 14.3 Å². The number of piperazine rings is 1. The fourth-order valence-electron chi connectivity index (χ4n) is 3.12. The maximum absolute atomic E-state index is 12.8. The Morgan fingerprint density at radius 1 is 1.12 bits per heavy atom. The lowest BCUT2D eigenvalue weighted by molar-refractivity contribution is -0.121. The molecule has 1 saturated heterocycles. The van der Waals surface area contributed by atoms with Crippen LogP contribution in [0.5, 0.6) is 5.75 Å². The second kappa shape index (κ2) is 7.60. The van der Waals surface area contributed by atoms with Crippen molar-refractivity contribution in [2.75, 3.05) is 24.6 Å². The Bertz CT molecular complexity index is 784. The highest BCUT2D eigenvalue weighted by atomic mass is 16.5. The molecule has 1 aliphatic rings. The van der Waals surface area contributed by atoms with Crippen molar-refractivity contribution in [3.63, 3.8) is 0 Å². The van der Waals surface area contributed by atoms with Gasteiger partial charge in [0.2, 0.25) is 5.91 Å². The first-order valence-electron chi connectivity index (χ1n) is 8.90. The standard InChI is InChI=1S/C21H24N2O3/c1-4-26-19-11-7-17(8-12-19)21(25)22-14-20(24)23(13-16(22)3)18-9-5-15(2)6-10-18/h5-12,16H,4,13-14H2,1-3H3/t16-/m1/s1. The average molecular weight is 352 g/mol. The van der Waals surface area contributed by atoms with Crippen molar-refractivity contribution in [2.24, 2.45) is 0 Å². The molecule has 0 N–H and O–H groups in total. The Morgan fingerprint density at radius 2 is 1.77 bits per heavy atom. The van der Waals surface area contributed by atoms with Gasteiger partial charge in [0.1, 0.15) is 12.3 Å². The third kappa shape index (κ3) is 3.72. The minimum Gasteiger partial charge on any atom is -0.494 e. The van der Waals surface area contributed by atoms with E-state index >= 15 is 0 Å². The first-order valence-corrected chi connectivity index (χ1v) is 8.90. The van der Waals surface area contributed by atoms with Crippen molar-refractivity contribution in [1.82, 2.24) is 4.90 Å². The number of hydrogen-bond donors (Lipinski definition) is 0. The summed E-state index contributed by atoms with van der Waals surface area (Å²) in [6, 6.07) is 14.9. The van der Waals surface area contributed by atoms with Crippen LogP contribution in [-0.4, -0.2) is 42.5 Å². The molecule has 5 nitrogen and oxygen atoms in total. The van der Waals surface area contributed by atoms with Gasteiger partial charge in [0, 0.05) is 23.8 Å². The van der Waals surface area contributed by atoms with Crippen LogP contribution in [0.25, 0.3) is 0 Å². The first kappa shape index (κ1) is 18.0. The number of carbonyl (C=O) groups excluding carboxylic acids is 2. The molecular formula is C21H24N2O3. The maximum Gasteiger partial charge on any atom is 0.254 e. The van der Waals surface area contributed by atoms with E-state index in [1.54, 1.807) is 34.1 Å². The number of ether oxygens (including phenoxy) is 1. The van der Waals surface area contributed by atoms with Gasteiger partial charge >= 0.3 is 0 Å². The van der Waals surface area contributed by atoms with Crippen LogP contribution in [0.1, 0.15) is 29.8 Å². The van der Waals surface area contributed by atoms with E-state index in [1.165, 1.54) is 0 Å². The lowest BCUT2D eigenvalue weighted by Gasteiger charge is -2.39. The molecule has 0 spiro atoms. The van der Waals surface area contributed by atoms with Gasteiger partial charge in [-0.25, -0.2) is 0 Å². The zero-order chi connectivity index (χ0) is 18.7. The van der Waals surface area contributed by atoms with Crippen LogP contribution in [0, 0.1) is 6.92 Å². The Balaban J connectivity index is 1.73. The molecule has 0 radical (unpaired) electrons. The molecule has 0 bridgehead atoms. The van der Waals surface area contributed by atoms with E-state index in [0.29, 0.717) is 18.7 Å². The molecule has 1 heterocycles. The van der Waals surface area contributed by atoms with Crippen molar-refractivity contribution in [3.05, 3.63) is 59.7 Å². The van der Waals surface area contributed by atoms with Gasteiger partial charge in [0.15, 0.2) is 0 Å². The smallest absolute Gasteiger partial charge is 0.254 e. The Hall–Kier alpha value is -2.82. The molecule has 0 aliphatic carbocycles. The monoisotopic (exact) mass is 352 g/mol. The topological polar surface area (TPSA) is 49.9 Å². The highest BCUT2D eigenvalue weighted by molar-refractivity contribution is 6.02. The van der Waals surface area contributed by atoms with Crippen LogP contribution < -0.4 is 9.64 Å². The molecule has 136 valence electrons. The van der Waals surface area contributed by atoms with Gasteiger partial charge in [-0.1, -0.05) is 17.7 Å². The molecule has 1 fully saturated rings. The number of amides is 2. The number of nitrogens with zero attached hydrogens (tertiary/aromatic N) is 2. The third-order valence-corrected chi connectivity index (χ3v) is 4.60. The van der Waals surface area contributed by atoms with Crippen LogP contribution in [-0.2, 0) is 4.79 Å². The predicted molar refractivity (Wildman–Crippen MR) is 102 cm³/mol. The number of anilines is 1. The summed E-state index contributed by atoms with van der Waals surface area (Å²) in [4.78, 5) is 28.8. The lowest BCUT2D eigenvalue weighted by Crippen LogP contribution is -2.57. The Labute approximate surface area is 154 Å². The molecule has 0 unspecified atom stereocenters. The van der Waals surface area contributed by atoms with E-state index in [1.807, 2.05) is 45.0 Å². The summed E-state index contributed by atoms with van der Waals surface area (Å²) in [6.45, 7) is 7.06. The zero-order valence-electron chi connectivity index (χ0n) is 15.4. The predicted octanol–water partition coefficient (Wildman–Crippen LogP) is 3.27. The SMILES string of the molecule is CCOc1ccc(C(=O)N2CC(=O)N(c3ccc(C)cc3)C[C@H]2C)cc1. The second-order valence-electron chi connectivity index (χ2n) is 6.58. The molecule has 2 amide bonds. The quantitative estimate of drug-likeness (QED) is 0.848. The van der Waals surface area contributed by atoms with Crippen LogP contribution in [0.15, 0.2) is 48.5 Å². The summed E-state index contributed by atoms with van der Waals surface area (Å²) < 4.78 is 5.41. The van der Waals surface area contributed by atoms with Gasteiger partial charge in [-0.3, -0.25) is 9.59 Å². The molecule has 0 saturated carbocycles. The third-order valence-electron chi connectivity index (χ3n) is 4.60. The molecule has 1 atom stereocenters. The fraction of sp³-hybridized carbons (Fsp3) is 0.333. The van der Waals surface area contributed by atoms with Crippen molar-refractivity contribution in [2.45, 2.75) is 26.8 Å². The summed E-state index contributed by atoms with van der Waals surface area (Å²) in [5, 5.41) is 0. The normalized spacial score (nSPS) is 17.3. The van der Waals surface area contributed by atoms with Gasteiger partial charge in [0.25, 0.3) is 5.91 Å². The van der Waals surface area contributed by atoms with Crippen LogP contribution in [0.3, 0.4) is 0 Å². The zero-order valence-corrected chi connectivity index (χ0v) is 15.4. The highest BCUT2D eigenvalue weighted by Crippen LogP contribution is 2.22. The van der Waals surface area contributed by atoms with Gasteiger partial charge < -0.3 is 14.5 Å². The Kier molecular flexibility index (Phi) is 5.26. The first-order chi connectivity index (χ1) is 12.5. The molecule has 26 heavy (non-hydrogen) atoms. The molecular weight excluding hydrogens is 328 g/mol. The van der Waals surface area contributed by atoms with Gasteiger partial charge in [-0.2, -0.15) is 0 Å².